The molecule has 0 nitrogen and oxygen atoms in total. The maximum Gasteiger partial charge on any atom is 0.00741 e. The maximum atomic E-state index is 3.68. The lowest BCUT2D eigenvalue weighted by Gasteiger charge is -2.01. The van der Waals surface area contributed by atoms with Crippen LogP contribution in [0.1, 0.15) is 39.5 Å². The van der Waals surface area contributed by atoms with Crippen LogP contribution in [-0.2, 0) is 0 Å². The molecule has 0 bridgehead atoms. The van der Waals surface area contributed by atoms with E-state index in [-0.39, 0.29) is 0 Å². The van der Waals surface area contributed by atoms with E-state index in [4.69, 9.17) is 0 Å². The van der Waals surface area contributed by atoms with Crippen LogP contribution in [0.4, 0.5) is 0 Å². The second kappa shape index (κ2) is 7.59. The van der Waals surface area contributed by atoms with E-state index in [1.165, 1.54) is 31.3 Å². The summed E-state index contributed by atoms with van der Waals surface area (Å²) in [4.78, 5) is 0. The van der Waals surface area contributed by atoms with Crippen LogP contribution in [0.2, 0.25) is 0 Å². The molecule has 0 rings (SSSR count). The van der Waals surface area contributed by atoms with Gasteiger partial charge in [-0.2, -0.15) is 0 Å². The average molecular weight is 151 g/mol. The molecular weight excluding hydrogens is 132 g/mol. The van der Waals surface area contributed by atoms with Gasteiger partial charge in [-0.15, -0.1) is 6.58 Å². The predicted molar refractivity (Wildman–Crippen MR) is 52.4 cm³/mol. The SMILES string of the molecule is C=C[CH]C(=CC)CCCCC. The summed E-state index contributed by atoms with van der Waals surface area (Å²) in [6, 6.07) is 0. The fraction of sp³-hybridized carbons (Fsp3) is 0.545. The summed E-state index contributed by atoms with van der Waals surface area (Å²) in [7, 11) is 0. The van der Waals surface area contributed by atoms with E-state index in [9.17, 15) is 0 Å². The van der Waals surface area contributed by atoms with Gasteiger partial charge in [0.2, 0.25) is 0 Å². The van der Waals surface area contributed by atoms with Gasteiger partial charge in [0, 0.05) is 6.42 Å². The smallest absolute Gasteiger partial charge is 0.00741 e. The molecule has 0 aliphatic carbocycles. The van der Waals surface area contributed by atoms with Crippen molar-refractivity contribution in [1.82, 2.24) is 0 Å². The van der Waals surface area contributed by atoms with Crippen LogP contribution in [0.3, 0.4) is 0 Å². The van der Waals surface area contributed by atoms with E-state index in [0.29, 0.717) is 0 Å². The first-order chi connectivity index (χ1) is 5.35. The Bertz CT molecular complexity index is 120. The highest BCUT2D eigenvalue weighted by atomic mass is 14.0. The van der Waals surface area contributed by atoms with Crippen molar-refractivity contribution in [3.05, 3.63) is 30.7 Å². The van der Waals surface area contributed by atoms with Gasteiger partial charge in [0.05, 0.1) is 0 Å². The summed E-state index contributed by atoms with van der Waals surface area (Å²) in [5.41, 5.74) is 1.41. The monoisotopic (exact) mass is 151 g/mol. The Balaban J connectivity index is 3.45. The Morgan fingerprint density at radius 2 is 2.09 bits per heavy atom. The number of hydrogen-bond acceptors (Lipinski definition) is 0. The normalized spacial score (nSPS) is 11.6. The fourth-order valence-corrected chi connectivity index (χ4v) is 1.05. The van der Waals surface area contributed by atoms with Crippen molar-refractivity contribution in [2.75, 3.05) is 0 Å². The molecule has 0 spiro atoms. The third-order valence-electron chi connectivity index (χ3n) is 1.77. The molecule has 0 amide bonds. The Kier molecular flexibility index (Phi) is 7.23. The lowest BCUT2D eigenvalue weighted by atomic mass is 10.0. The van der Waals surface area contributed by atoms with Gasteiger partial charge in [-0.1, -0.05) is 37.5 Å². The number of allylic oxidation sites excluding steroid dienone is 3. The van der Waals surface area contributed by atoms with E-state index >= 15 is 0 Å². The summed E-state index contributed by atoms with van der Waals surface area (Å²) in [5, 5.41) is 0. The van der Waals surface area contributed by atoms with Gasteiger partial charge >= 0.3 is 0 Å². The second-order valence-electron chi connectivity index (χ2n) is 2.72. The molecule has 0 aromatic heterocycles. The van der Waals surface area contributed by atoms with Gasteiger partial charge in [-0.25, -0.2) is 0 Å². The maximum absolute atomic E-state index is 3.68. The molecule has 0 N–H and O–H groups in total. The summed E-state index contributed by atoms with van der Waals surface area (Å²) in [6.07, 6.45) is 11.3. The second-order valence-corrected chi connectivity index (χ2v) is 2.72. The van der Waals surface area contributed by atoms with E-state index in [2.05, 4.69) is 32.9 Å². The molecular formula is C11H19. The van der Waals surface area contributed by atoms with E-state index in [0.717, 1.165) is 0 Å². The van der Waals surface area contributed by atoms with Crippen molar-refractivity contribution in [3.8, 4) is 0 Å². The molecule has 0 fully saturated rings. The molecule has 1 radical (unpaired) electrons. The highest BCUT2D eigenvalue weighted by Gasteiger charge is 1.92. The molecule has 0 saturated heterocycles. The minimum atomic E-state index is 1.20. The Labute approximate surface area is 71.0 Å². The highest BCUT2D eigenvalue weighted by Crippen LogP contribution is 2.11. The minimum Gasteiger partial charge on any atom is -0.102 e. The summed E-state index contributed by atoms with van der Waals surface area (Å²) >= 11 is 0. The van der Waals surface area contributed by atoms with Gasteiger partial charge in [0.25, 0.3) is 0 Å². The van der Waals surface area contributed by atoms with Gasteiger partial charge in [-0.05, 0) is 19.8 Å². The first-order valence-corrected chi connectivity index (χ1v) is 4.46. The van der Waals surface area contributed by atoms with Crippen LogP contribution in [0.5, 0.6) is 0 Å². The first-order valence-electron chi connectivity index (χ1n) is 4.46. The topological polar surface area (TPSA) is 0 Å². The van der Waals surface area contributed by atoms with Crippen molar-refractivity contribution in [2.24, 2.45) is 0 Å². The van der Waals surface area contributed by atoms with Crippen molar-refractivity contribution in [1.29, 1.82) is 0 Å². The summed E-state index contributed by atoms with van der Waals surface area (Å²) in [5.74, 6) is 0. The highest BCUT2D eigenvalue weighted by molar-refractivity contribution is 5.18. The Morgan fingerprint density at radius 1 is 1.36 bits per heavy atom. The zero-order chi connectivity index (χ0) is 8.53. The standard InChI is InChI=1S/C11H19/c1-4-7-8-10-11(6-3)9-5-2/h5-6,9H,2,4,7-8,10H2,1,3H3. The Morgan fingerprint density at radius 3 is 2.55 bits per heavy atom. The van der Waals surface area contributed by atoms with Crippen molar-refractivity contribution < 1.29 is 0 Å². The zero-order valence-electron chi connectivity index (χ0n) is 7.77. The molecule has 63 valence electrons. The van der Waals surface area contributed by atoms with Crippen molar-refractivity contribution >= 4 is 0 Å². The molecule has 0 aliphatic rings. The average Bonchev–Trinajstić information content (AvgIpc) is 2.03. The van der Waals surface area contributed by atoms with Gasteiger partial charge in [-0.3, -0.25) is 0 Å². The van der Waals surface area contributed by atoms with E-state index in [1.807, 2.05) is 6.08 Å². The van der Waals surface area contributed by atoms with Crippen molar-refractivity contribution in [3.63, 3.8) is 0 Å². The van der Waals surface area contributed by atoms with Crippen LogP contribution < -0.4 is 0 Å². The number of rotatable bonds is 6. The molecule has 0 unspecified atom stereocenters. The van der Waals surface area contributed by atoms with E-state index < -0.39 is 0 Å². The van der Waals surface area contributed by atoms with Crippen LogP contribution >= 0.6 is 0 Å². The quantitative estimate of drug-likeness (QED) is 0.505. The third-order valence-corrected chi connectivity index (χ3v) is 1.77. The van der Waals surface area contributed by atoms with Crippen LogP contribution in [-0.4, -0.2) is 0 Å². The molecule has 0 aliphatic heterocycles. The van der Waals surface area contributed by atoms with Crippen LogP contribution in [0.25, 0.3) is 0 Å². The minimum absolute atomic E-state index is 1.20. The third kappa shape index (κ3) is 5.90. The van der Waals surface area contributed by atoms with E-state index in [1.54, 1.807) is 0 Å². The molecule has 11 heavy (non-hydrogen) atoms. The van der Waals surface area contributed by atoms with Gasteiger partial charge in [0.1, 0.15) is 0 Å². The fourth-order valence-electron chi connectivity index (χ4n) is 1.05. The predicted octanol–water partition coefficient (Wildman–Crippen LogP) is 3.90. The van der Waals surface area contributed by atoms with Gasteiger partial charge < -0.3 is 0 Å². The number of unbranched alkanes of at least 4 members (excludes halogenated alkanes) is 2. The summed E-state index contributed by atoms with van der Waals surface area (Å²) < 4.78 is 0. The van der Waals surface area contributed by atoms with Gasteiger partial charge in [0.15, 0.2) is 0 Å². The molecule has 0 aromatic rings. The molecule has 0 heterocycles. The first kappa shape index (κ1) is 10.5. The zero-order valence-corrected chi connectivity index (χ0v) is 7.77. The van der Waals surface area contributed by atoms with Crippen LogP contribution in [0, 0.1) is 6.42 Å². The lowest BCUT2D eigenvalue weighted by molar-refractivity contribution is 0.716. The molecule has 0 atom stereocenters. The van der Waals surface area contributed by atoms with Crippen LogP contribution in [0.15, 0.2) is 24.3 Å². The molecule has 0 aromatic carbocycles. The molecule has 0 saturated carbocycles. The number of hydrogen-bond donors (Lipinski definition) is 0. The van der Waals surface area contributed by atoms with Crippen molar-refractivity contribution in [2.45, 2.75) is 39.5 Å². The summed E-state index contributed by atoms with van der Waals surface area (Å²) in [6.45, 7) is 7.99. The Hall–Kier alpha value is -0.520. The lowest BCUT2D eigenvalue weighted by Crippen LogP contribution is -1.82. The largest absolute Gasteiger partial charge is 0.102 e. The molecule has 0 heteroatoms.